The van der Waals surface area contributed by atoms with E-state index in [0.29, 0.717) is 19.3 Å². The molecule has 0 saturated carbocycles. The van der Waals surface area contributed by atoms with Crippen LogP contribution in [0.5, 0.6) is 0 Å². The zero-order valence-corrected chi connectivity index (χ0v) is 46.4. The first kappa shape index (κ1) is 66.4. The lowest BCUT2D eigenvalue weighted by atomic mass is 10.0. The Morgan fingerprint density at radius 2 is 0.397 bits per heavy atom. The Morgan fingerprint density at radius 1 is 0.235 bits per heavy atom. The van der Waals surface area contributed by atoms with Crippen LogP contribution >= 0.6 is 0 Å². The van der Waals surface area contributed by atoms with Crippen molar-refractivity contribution in [3.05, 3.63) is 0 Å². The summed E-state index contributed by atoms with van der Waals surface area (Å²) in [5.41, 5.74) is 0. The van der Waals surface area contributed by atoms with Crippen molar-refractivity contribution in [1.82, 2.24) is 0 Å². The van der Waals surface area contributed by atoms with Crippen LogP contribution in [-0.2, 0) is 28.6 Å². The molecule has 0 aromatic carbocycles. The molecule has 6 nitrogen and oxygen atoms in total. The normalized spacial score (nSPS) is 11.9. The van der Waals surface area contributed by atoms with E-state index in [9.17, 15) is 14.4 Å². The molecule has 0 aliphatic carbocycles. The maximum atomic E-state index is 12.9. The Labute approximate surface area is 425 Å². The third kappa shape index (κ3) is 55.3. The molecule has 0 aromatic heterocycles. The minimum absolute atomic E-state index is 0.0607. The van der Waals surface area contributed by atoms with Crippen LogP contribution in [0.15, 0.2) is 0 Å². The Hall–Kier alpha value is -1.59. The fraction of sp³-hybridized carbons (Fsp3) is 0.952. The van der Waals surface area contributed by atoms with Gasteiger partial charge in [0.25, 0.3) is 0 Å². The van der Waals surface area contributed by atoms with E-state index in [2.05, 4.69) is 20.8 Å². The van der Waals surface area contributed by atoms with E-state index in [0.717, 1.165) is 57.8 Å². The predicted octanol–water partition coefficient (Wildman–Crippen LogP) is 20.7. The predicted molar refractivity (Wildman–Crippen MR) is 294 cm³/mol. The summed E-state index contributed by atoms with van der Waals surface area (Å²) in [5.74, 6) is -0.827. The van der Waals surface area contributed by atoms with E-state index >= 15 is 0 Å². The van der Waals surface area contributed by atoms with Crippen molar-refractivity contribution in [3.63, 3.8) is 0 Å². The number of hydrogen-bond donors (Lipinski definition) is 0. The average molecular weight is 962 g/mol. The maximum Gasteiger partial charge on any atom is 0.306 e. The molecule has 0 spiro atoms. The number of hydrogen-bond acceptors (Lipinski definition) is 6. The highest BCUT2D eigenvalue weighted by atomic mass is 16.6. The number of carbonyl (C=O) groups excluding carboxylic acids is 3. The van der Waals surface area contributed by atoms with Crippen LogP contribution < -0.4 is 0 Å². The second-order valence-corrected chi connectivity index (χ2v) is 21.3. The number of ether oxygens (including phenoxy) is 3. The molecule has 1 atom stereocenters. The monoisotopic (exact) mass is 961 g/mol. The van der Waals surface area contributed by atoms with Gasteiger partial charge in [-0.05, 0) is 19.3 Å². The fourth-order valence-corrected chi connectivity index (χ4v) is 9.68. The van der Waals surface area contributed by atoms with Crippen molar-refractivity contribution >= 4 is 17.9 Å². The van der Waals surface area contributed by atoms with Gasteiger partial charge >= 0.3 is 17.9 Å². The van der Waals surface area contributed by atoms with Crippen LogP contribution in [-0.4, -0.2) is 37.2 Å². The second-order valence-electron chi connectivity index (χ2n) is 21.3. The van der Waals surface area contributed by atoms with Crippen LogP contribution in [0.25, 0.3) is 0 Å². The number of rotatable bonds is 58. The van der Waals surface area contributed by atoms with Gasteiger partial charge < -0.3 is 14.2 Å². The number of unbranched alkanes of at least 4 members (excludes halogenated alkanes) is 47. The van der Waals surface area contributed by atoms with Crippen molar-refractivity contribution in [2.75, 3.05) is 13.2 Å². The summed E-state index contributed by atoms with van der Waals surface area (Å²) in [7, 11) is 0. The molecule has 0 saturated heterocycles. The first-order chi connectivity index (χ1) is 33.5. The molecular formula is C62H120O6. The molecular weight excluding hydrogens is 841 g/mol. The van der Waals surface area contributed by atoms with Crippen molar-refractivity contribution in [2.45, 2.75) is 367 Å². The first-order valence-corrected chi connectivity index (χ1v) is 31.0. The fourth-order valence-electron chi connectivity index (χ4n) is 9.68. The molecule has 68 heavy (non-hydrogen) atoms. The van der Waals surface area contributed by atoms with E-state index in [1.165, 1.54) is 263 Å². The average Bonchev–Trinajstić information content (AvgIpc) is 3.34. The molecule has 404 valence electrons. The lowest BCUT2D eigenvalue weighted by Gasteiger charge is -2.18. The molecule has 0 radical (unpaired) electrons. The van der Waals surface area contributed by atoms with Crippen LogP contribution in [0.2, 0.25) is 0 Å². The van der Waals surface area contributed by atoms with Gasteiger partial charge in [-0.1, -0.05) is 323 Å². The highest BCUT2D eigenvalue weighted by molar-refractivity contribution is 5.71. The zero-order valence-electron chi connectivity index (χ0n) is 46.4. The molecule has 0 bridgehead atoms. The van der Waals surface area contributed by atoms with Crippen molar-refractivity contribution in [2.24, 2.45) is 0 Å². The summed E-state index contributed by atoms with van der Waals surface area (Å²) in [6.07, 6.45) is 65.3. The second kappa shape index (κ2) is 58.0. The summed E-state index contributed by atoms with van der Waals surface area (Å²) in [6.45, 7) is 6.72. The van der Waals surface area contributed by atoms with Crippen molar-refractivity contribution in [1.29, 1.82) is 0 Å². The van der Waals surface area contributed by atoms with Gasteiger partial charge in [0, 0.05) is 19.3 Å². The number of carbonyl (C=O) groups is 3. The van der Waals surface area contributed by atoms with Gasteiger partial charge in [-0.3, -0.25) is 14.4 Å². The third-order valence-electron chi connectivity index (χ3n) is 14.4. The molecule has 0 heterocycles. The van der Waals surface area contributed by atoms with Gasteiger partial charge in [0.2, 0.25) is 0 Å². The van der Waals surface area contributed by atoms with E-state index in [1.807, 2.05) is 0 Å². The smallest absolute Gasteiger partial charge is 0.306 e. The van der Waals surface area contributed by atoms with Crippen LogP contribution in [0.1, 0.15) is 361 Å². The summed E-state index contributed by atoms with van der Waals surface area (Å²) in [4.78, 5) is 38.2. The SMILES string of the molecule is CCCCCCCCCCCCCCCCCCCCCC(=O)O[C@@H](COC(=O)CCCCCCCCCCCCCCC)COC(=O)CCCCCCCCCCCCCCCCCCCC. The van der Waals surface area contributed by atoms with Gasteiger partial charge in [-0.15, -0.1) is 0 Å². The van der Waals surface area contributed by atoms with E-state index in [4.69, 9.17) is 14.2 Å². The molecule has 0 aliphatic rings. The maximum absolute atomic E-state index is 12.9. The van der Waals surface area contributed by atoms with Gasteiger partial charge in [0.05, 0.1) is 0 Å². The summed E-state index contributed by atoms with van der Waals surface area (Å²) in [5, 5.41) is 0. The van der Waals surface area contributed by atoms with E-state index in [-0.39, 0.29) is 31.1 Å². The third-order valence-corrected chi connectivity index (χ3v) is 14.4. The van der Waals surface area contributed by atoms with Crippen molar-refractivity contribution < 1.29 is 28.6 Å². The van der Waals surface area contributed by atoms with E-state index < -0.39 is 6.10 Å². The molecule has 0 amide bonds. The molecule has 0 unspecified atom stereocenters. The first-order valence-electron chi connectivity index (χ1n) is 31.0. The van der Waals surface area contributed by atoms with Gasteiger partial charge in [0.15, 0.2) is 6.10 Å². The highest BCUT2D eigenvalue weighted by Crippen LogP contribution is 2.18. The van der Waals surface area contributed by atoms with E-state index in [1.54, 1.807) is 0 Å². The van der Waals surface area contributed by atoms with Gasteiger partial charge in [0.1, 0.15) is 13.2 Å². The largest absolute Gasteiger partial charge is 0.462 e. The molecule has 0 aliphatic heterocycles. The van der Waals surface area contributed by atoms with Crippen LogP contribution in [0.3, 0.4) is 0 Å². The minimum atomic E-state index is -0.761. The Balaban J connectivity index is 4.26. The molecule has 0 aromatic rings. The highest BCUT2D eigenvalue weighted by Gasteiger charge is 2.19. The number of esters is 3. The summed E-state index contributed by atoms with van der Waals surface area (Å²) in [6, 6.07) is 0. The quantitative estimate of drug-likeness (QED) is 0.0343. The van der Waals surface area contributed by atoms with Crippen molar-refractivity contribution in [3.8, 4) is 0 Å². The molecule has 0 rings (SSSR count). The lowest BCUT2D eigenvalue weighted by Crippen LogP contribution is -2.30. The van der Waals surface area contributed by atoms with Crippen LogP contribution in [0.4, 0.5) is 0 Å². The van der Waals surface area contributed by atoms with Crippen LogP contribution in [0, 0.1) is 0 Å². The molecule has 0 fully saturated rings. The Bertz CT molecular complexity index is 1010. The lowest BCUT2D eigenvalue weighted by molar-refractivity contribution is -0.167. The zero-order chi connectivity index (χ0) is 49.3. The topological polar surface area (TPSA) is 78.9 Å². The minimum Gasteiger partial charge on any atom is -0.462 e. The van der Waals surface area contributed by atoms with Gasteiger partial charge in [-0.25, -0.2) is 0 Å². The Kier molecular flexibility index (Phi) is 56.6. The summed E-state index contributed by atoms with van der Waals surface area (Å²) >= 11 is 0. The molecule has 0 N–H and O–H groups in total. The molecule has 6 heteroatoms. The standard InChI is InChI=1S/C62H120O6/c1-4-7-10-13-16-19-22-25-27-29-31-33-35-38-41-44-47-50-53-56-62(65)68-59(57-66-60(63)54-51-48-45-42-39-36-24-21-18-15-12-9-6-3)58-67-61(64)55-52-49-46-43-40-37-34-32-30-28-26-23-20-17-14-11-8-5-2/h59H,4-58H2,1-3H3/t59-/m0/s1. The van der Waals surface area contributed by atoms with Gasteiger partial charge in [-0.2, -0.15) is 0 Å². The summed E-state index contributed by atoms with van der Waals surface area (Å²) < 4.78 is 16.9. The Morgan fingerprint density at radius 3 is 0.588 bits per heavy atom.